The lowest BCUT2D eigenvalue weighted by atomic mass is 9.82. The minimum absolute atomic E-state index is 0.354. The number of aryl methyl sites for hydroxylation is 1. The molecule has 3 N–H and O–H groups in total. The van der Waals surface area contributed by atoms with Crippen LogP contribution >= 0.6 is 0 Å². The van der Waals surface area contributed by atoms with Crippen molar-refractivity contribution in [2.75, 3.05) is 12.8 Å². The van der Waals surface area contributed by atoms with Crippen LogP contribution in [0.4, 0.5) is 5.82 Å². The zero-order valence-corrected chi connectivity index (χ0v) is 12.3. The highest BCUT2D eigenvalue weighted by Gasteiger charge is 2.25. The van der Waals surface area contributed by atoms with E-state index in [0.29, 0.717) is 17.8 Å². The Labute approximate surface area is 117 Å². The number of aromatic nitrogens is 1. The van der Waals surface area contributed by atoms with Gasteiger partial charge in [-0.3, -0.25) is 0 Å². The van der Waals surface area contributed by atoms with Crippen LogP contribution in [0.3, 0.4) is 0 Å². The maximum absolute atomic E-state index is 6.12. The molecule has 0 aromatic carbocycles. The quantitative estimate of drug-likeness (QED) is 0.874. The Morgan fingerprint density at radius 2 is 1.84 bits per heavy atom. The third kappa shape index (κ3) is 3.47. The number of nitrogens with one attached hydrogen (secondary N) is 1. The van der Waals surface area contributed by atoms with Gasteiger partial charge in [0.05, 0.1) is 0 Å². The lowest BCUT2D eigenvalue weighted by molar-refractivity contribution is 0.299. The van der Waals surface area contributed by atoms with Crippen LogP contribution in [0.25, 0.3) is 0 Å². The number of hydrogen-bond acceptors (Lipinski definition) is 3. The maximum atomic E-state index is 6.12. The molecule has 0 bridgehead atoms. The number of nitrogens with zero attached hydrogens (tertiary/aromatic N) is 1. The Morgan fingerprint density at radius 3 is 2.42 bits per heavy atom. The molecule has 0 saturated heterocycles. The summed E-state index contributed by atoms with van der Waals surface area (Å²) in [6.07, 6.45) is 11.3. The van der Waals surface area contributed by atoms with Crippen LogP contribution in [-0.4, -0.2) is 12.0 Å². The first-order valence-electron chi connectivity index (χ1n) is 7.62. The molecule has 1 aliphatic rings. The van der Waals surface area contributed by atoms with Crippen molar-refractivity contribution >= 4 is 5.82 Å². The molecule has 1 aliphatic carbocycles. The van der Waals surface area contributed by atoms with Crippen molar-refractivity contribution in [3.8, 4) is 0 Å². The molecule has 1 aromatic rings. The van der Waals surface area contributed by atoms with E-state index in [4.69, 9.17) is 5.73 Å². The largest absolute Gasteiger partial charge is 0.383 e. The molecule has 106 valence electrons. The first-order chi connectivity index (χ1) is 9.24. The van der Waals surface area contributed by atoms with Crippen LogP contribution in [0.2, 0.25) is 0 Å². The van der Waals surface area contributed by atoms with Gasteiger partial charge in [-0.15, -0.1) is 0 Å². The average Bonchev–Trinajstić information content (AvgIpc) is 2.35. The Morgan fingerprint density at radius 1 is 1.21 bits per heavy atom. The molecule has 0 spiro atoms. The normalized spacial score (nSPS) is 19.7. The molecule has 1 aromatic heterocycles. The number of pyridine rings is 1. The third-order valence-corrected chi connectivity index (χ3v) is 4.48. The van der Waals surface area contributed by atoms with Crippen LogP contribution in [0.1, 0.15) is 62.1 Å². The summed E-state index contributed by atoms with van der Waals surface area (Å²) in [6.45, 7) is 2.14. The van der Waals surface area contributed by atoms with E-state index in [-0.39, 0.29) is 0 Å². The first kappa shape index (κ1) is 14.3. The SMILES string of the molecule is CNC(c1c(C)ccnc1N)C1CCCCCCC1. The summed E-state index contributed by atoms with van der Waals surface area (Å²) >= 11 is 0. The Hall–Kier alpha value is -1.09. The zero-order valence-electron chi connectivity index (χ0n) is 12.3. The van der Waals surface area contributed by atoms with E-state index in [0.717, 1.165) is 0 Å². The smallest absolute Gasteiger partial charge is 0.128 e. The van der Waals surface area contributed by atoms with Crippen LogP contribution < -0.4 is 11.1 Å². The van der Waals surface area contributed by atoms with Crippen molar-refractivity contribution in [3.63, 3.8) is 0 Å². The van der Waals surface area contributed by atoms with Crippen molar-refractivity contribution < 1.29 is 0 Å². The lowest BCUT2D eigenvalue weighted by Crippen LogP contribution is -2.28. The van der Waals surface area contributed by atoms with Gasteiger partial charge in [0.2, 0.25) is 0 Å². The fourth-order valence-electron chi connectivity index (χ4n) is 3.43. The number of anilines is 1. The van der Waals surface area contributed by atoms with Crippen molar-refractivity contribution in [2.45, 2.75) is 57.9 Å². The summed E-state index contributed by atoms with van der Waals surface area (Å²) in [6, 6.07) is 2.42. The van der Waals surface area contributed by atoms with Crippen LogP contribution in [0.15, 0.2) is 12.3 Å². The van der Waals surface area contributed by atoms with Gasteiger partial charge in [-0.25, -0.2) is 4.98 Å². The number of hydrogen-bond donors (Lipinski definition) is 2. The number of rotatable bonds is 3. The van der Waals surface area contributed by atoms with E-state index in [2.05, 4.69) is 30.3 Å². The van der Waals surface area contributed by atoms with E-state index in [1.54, 1.807) is 6.20 Å². The predicted molar refractivity (Wildman–Crippen MR) is 81.0 cm³/mol. The molecule has 1 heterocycles. The standard InChI is InChI=1S/C16H27N3/c1-12-10-11-19-16(17)14(12)15(18-2)13-8-6-4-3-5-7-9-13/h10-11,13,15,18H,3-9H2,1-2H3,(H2,17,19). The van der Waals surface area contributed by atoms with E-state index >= 15 is 0 Å². The van der Waals surface area contributed by atoms with E-state index < -0.39 is 0 Å². The van der Waals surface area contributed by atoms with Gasteiger partial charge in [0.15, 0.2) is 0 Å². The summed E-state index contributed by atoms with van der Waals surface area (Å²) in [5.74, 6) is 1.39. The lowest BCUT2D eigenvalue weighted by Gasteiger charge is -2.30. The van der Waals surface area contributed by atoms with Gasteiger partial charge < -0.3 is 11.1 Å². The molecule has 3 heteroatoms. The monoisotopic (exact) mass is 261 g/mol. The minimum atomic E-state index is 0.354. The molecular weight excluding hydrogens is 234 g/mol. The molecule has 1 saturated carbocycles. The third-order valence-electron chi connectivity index (χ3n) is 4.48. The summed E-state index contributed by atoms with van der Waals surface area (Å²) < 4.78 is 0. The second-order valence-corrected chi connectivity index (χ2v) is 5.80. The first-order valence-corrected chi connectivity index (χ1v) is 7.62. The molecule has 1 atom stereocenters. The molecule has 1 unspecified atom stereocenters. The topological polar surface area (TPSA) is 50.9 Å². The molecule has 2 rings (SSSR count). The van der Waals surface area contributed by atoms with Crippen molar-refractivity contribution in [1.82, 2.24) is 10.3 Å². The van der Waals surface area contributed by atoms with Crippen molar-refractivity contribution in [2.24, 2.45) is 5.92 Å². The highest BCUT2D eigenvalue weighted by molar-refractivity contribution is 5.46. The summed E-state index contributed by atoms with van der Waals surface area (Å²) in [4.78, 5) is 4.28. The van der Waals surface area contributed by atoms with E-state index in [9.17, 15) is 0 Å². The number of nitrogen functional groups attached to an aromatic ring is 1. The number of nitrogens with two attached hydrogens (primary N) is 1. The zero-order chi connectivity index (χ0) is 13.7. The summed E-state index contributed by atoms with van der Waals surface area (Å²) in [5.41, 5.74) is 8.60. The van der Waals surface area contributed by atoms with Crippen molar-refractivity contribution in [1.29, 1.82) is 0 Å². The average molecular weight is 261 g/mol. The van der Waals surface area contributed by atoms with Crippen LogP contribution in [0.5, 0.6) is 0 Å². The van der Waals surface area contributed by atoms with Gasteiger partial charge >= 0.3 is 0 Å². The van der Waals surface area contributed by atoms with Crippen molar-refractivity contribution in [3.05, 3.63) is 23.4 Å². The van der Waals surface area contributed by atoms with E-state index in [1.807, 2.05) is 0 Å². The Bertz CT molecular complexity index is 375. The molecule has 0 radical (unpaired) electrons. The predicted octanol–water partition coefficient (Wildman–Crippen LogP) is 3.59. The molecular formula is C16H27N3. The second-order valence-electron chi connectivity index (χ2n) is 5.80. The van der Waals surface area contributed by atoms with Gasteiger partial charge in [-0.05, 0) is 44.4 Å². The maximum Gasteiger partial charge on any atom is 0.128 e. The molecule has 0 aliphatic heterocycles. The summed E-state index contributed by atoms with van der Waals surface area (Å²) in [5, 5.41) is 3.50. The van der Waals surface area contributed by atoms with Crippen LogP contribution in [-0.2, 0) is 0 Å². The Balaban J connectivity index is 2.22. The molecule has 3 nitrogen and oxygen atoms in total. The van der Waals surface area contributed by atoms with Gasteiger partial charge in [0, 0.05) is 17.8 Å². The van der Waals surface area contributed by atoms with E-state index in [1.165, 1.54) is 56.1 Å². The van der Waals surface area contributed by atoms with Gasteiger partial charge in [0.25, 0.3) is 0 Å². The van der Waals surface area contributed by atoms with Gasteiger partial charge in [-0.1, -0.05) is 32.1 Å². The van der Waals surface area contributed by atoms with Gasteiger partial charge in [0.1, 0.15) is 5.82 Å². The Kier molecular flexibility index (Phi) is 5.20. The minimum Gasteiger partial charge on any atom is -0.383 e. The summed E-state index contributed by atoms with van der Waals surface area (Å²) in [7, 11) is 2.05. The molecule has 19 heavy (non-hydrogen) atoms. The second kappa shape index (κ2) is 6.90. The van der Waals surface area contributed by atoms with Gasteiger partial charge in [-0.2, -0.15) is 0 Å². The highest BCUT2D eigenvalue weighted by atomic mass is 14.9. The fourth-order valence-corrected chi connectivity index (χ4v) is 3.43. The molecule has 0 amide bonds. The fraction of sp³-hybridized carbons (Fsp3) is 0.688. The van der Waals surface area contributed by atoms with Crippen LogP contribution in [0, 0.1) is 12.8 Å². The highest BCUT2D eigenvalue weighted by Crippen LogP contribution is 2.35. The molecule has 1 fully saturated rings.